The van der Waals surface area contributed by atoms with Crippen LogP contribution in [0, 0.1) is 0 Å². The Morgan fingerprint density at radius 1 is 1.67 bits per heavy atom. The molecule has 0 saturated heterocycles. The van der Waals surface area contributed by atoms with Crippen molar-refractivity contribution < 1.29 is 9.53 Å². The van der Waals surface area contributed by atoms with Gasteiger partial charge in [0.05, 0.1) is 17.7 Å². The van der Waals surface area contributed by atoms with E-state index in [0.29, 0.717) is 16.8 Å². The molecule has 0 aromatic carbocycles. The number of rotatable bonds is 2. The number of carbonyl (C=O) groups excluding carboxylic acids is 1. The Balaban J connectivity index is 2.45. The first-order valence-electron chi connectivity index (χ1n) is 4.51. The molecule has 2 heterocycles. The van der Waals surface area contributed by atoms with Crippen molar-refractivity contribution in [3.8, 4) is 0 Å². The van der Waals surface area contributed by atoms with Crippen LogP contribution in [0.4, 0.5) is 0 Å². The zero-order chi connectivity index (χ0) is 10.8. The molecule has 15 heavy (non-hydrogen) atoms. The van der Waals surface area contributed by atoms with Gasteiger partial charge in [-0.05, 0) is 35.0 Å². The van der Waals surface area contributed by atoms with Crippen LogP contribution >= 0.6 is 15.9 Å². The fourth-order valence-corrected chi connectivity index (χ4v) is 1.71. The normalized spacial score (nSPS) is 10.5. The molecule has 0 radical (unpaired) electrons. The van der Waals surface area contributed by atoms with Crippen LogP contribution in [-0.4, -0.2) is 22.0 Å². The molecule has 0 aliphatic heterocycles. The van der Waals surface area contributed by atoms with Gasteiger partial charge in [0.1, 0.15) is 10.9 Å². The van der Waals surface area contributed by atoms with E-state index in [-0.39, 0.29) is 5.97 Å². The molecule has 0 aliphatic rings. The van der Waals surface area contributed by atoms with Crippen molar-refractivity contribution in [3.05, 3.63) is 34.8 Å². The van der Waals surface area contributed by atoms with Crippen molar-refractivity contribution in [1.29, 1.82) is 0 Å². The van der Waals surface area contributed by atoms with Crippen LogP contribution in [0.15, 0.2) is 29.3 Å². The average molecular weight is 269 g/mol. The minimum atomic E-state index is -0.312. The van der Waals surface area contributed by atoms with Gasteiger partial charge >= 0.3 is 5.97 Å². The minimum absolute atomic E-state index is 0.312. The lowest BCUT2D eigenvalue weighted by molar-refractivity contribution is 0.0526. The summed E-state index contributed by atoms with van der Waals surface area (Å²) in [6.07, 6.45) is 3.45. The SMILES string of the molecule is CCOC(=O)c1ccn2cnc(Br)c2c1. The number of imidazole rings is 1. The van der Waals surface area contributed by atoms with Crippen molar-refractivity contribution in [3.63, 3.8) is 0 Å². The number of esters is 1. The zero-order valence-corrected chi connectivity index (χ0v) is 9.69. The number of pyridine rings is 1. The van der Waals surface area contributed by atoms with Gasteiger partial charge in [-0.1, -0.05) is 0 Å². The van der Waals surface area contributed by atoms with Gasteiger partial charge in [-0.2, -0.15) is 0 Å². The fourth-order valence-electron chi connectivity index (χ4n) is 1.30. The first kappa shape index (κ1) is 10.2. The quantitative estimate of drug-likeness (QED) is 0.785. The molecule has 0 fully saturated rings. The monoisotopic (exact) mass is 268 g/mol. The third-order valence-electron chi connectivity index (χ3n) is 2.00. The molecule has 0 N–H and O–H groups in total. The van der Waals surface area contributed by atoms with E-state index in [4.69, 9.17) is 4.74 Å². The minimum Gasteiger partial charge on any atom is -0.462 e. The third-order valence-corrected chi connectivity index (χ3v) is 2.61. The number of ether oxygens (including phenoxy) is 1. The lowest BCUT2D eigenvalue weighted by Gasteiger charge is -2.02. The topological polar surface area (TPSA) is 43.6 Å². The second kappa shape index (κ2) is 4.02. The molecule has 2 aromatic rings. The summed E-state index contributed by atoms with van der Waals surface area (Å²) >= 11 is 3.31. The second-order valence-corrected chi connectivity index (χ2v) is 3.71. The smallest absolute Gasteiger partial charge is 0.338 e. The summed E-state index contributed by atoms with van der Waals surface area (Å²) in [4.78, 5) is 15.5. The predicted octanol–water partition coefficient (Wildman–Crippen LogP) is 2.27. The lowest BCUT2D eigenvalue weighted by Crippen LogP contribution is -2.04. The average Bonchev–Trinajstić information content (AvgIpc) is 2.60. The van der Waals surface area contributed by atoms with Crippen molar-refractivity contribution in [1.82, 2.24) is 9.38 Å². The van der Waals surface area contributed by atoms with E-state index < -0.39 is 0 Å². The Kier molecular flexibility index (Phi) is 2.73. The highest BCUT2D eigenvalue weighted by Gasteiger charge is 2.08. The Morgan fingerprint density at radius 3 is 3.20 bits per heavy atom. The summed E-state index contributed by atoms with van der Waals surface area (Å²) in [6, 6.07) is 3.45. The standard InChI is InChI=1S/C10H9BrN2O2/c1-2-15-10(14)7-3-4-13-6-12-9(11)8(13)5-7/h3-6H,2H2,1H3. The number of hydrogen-bond donors (Lipinski definition) is 0. The van der Waals surface area contributed by atoms with E-state index >= 15 is 0 Å². The number of nitrogens with zero attached hydrogens (tertiary/aromatic N) is 2. The molecule has 2 rings (SSSR count). The highest BCUT2D eigenvalue weighted by atomic mass is 79.9. The van der Waals surface area contributed by atoms with Gasteiger partial charge < -0.3 is 9.14 Å². The van der Waals surface area contributed by atoms with Gasteiger partial charge in [0, 0.05) is 6.20 Å². The Hall–Kier alpha value is -1.36. The maximum Gasteiger partial charge on any atom is 0.338 e. The molecule has 0 bridgehead atoms. The van der Waals surface area contributed by atoms with E-state index in [1.165, 1.54) is 0 Å². The molecular weight excluding hydrogens is 260 g/mol. The van der Waals surface area contributed by atoms with Crippen molar-refractivity contribution in [2.45, 2.75) is 6.92 Å². The number of aromatic nitrogens is 2. The summed E-state index contributed by atoms with van der Waals surface area (Å²) < 4.78 is 7.45. The molecular formula is C10H9BrN2O2. The first-order valence-corrected chi connectivity index (χ1v) is 5.31. The molecule has 5 heteroatoms. The predicted molar refractivity (Wildman–Crippen MR) is 58.8 cm³/mol. The van der Waals surface area contributed by atoms with E-state index in [1.807, 2.05) is 4.40 Å². The molecule has 78 valence electrons. The van der Waals surface area contributed by atoms with E-state index in [9.17, 15) is 4.79 Å². The molecule has 0 atom stereocenters. The molecule has 4 nitrogen and oxygen atoms in total. The zero-order valence-electron chi connectivity index (χ0n) is 8.11. The Labute approximate surface area is 95.0 Å². The largest absolute Gasteiger partial charge is 0.462 e. The van der Waals surface area contributed by atoms with Crippen LogP contribution in [0.1, 0.15) is 17.3 Å². The summed E-state index contributed by atoms with van der Waals surface area (Å²) in [5.74, 6) is -0.312. The number of carbonyl (C=O) groups is 1. The Morgan fingerprint density at radius 2 is 2.47 bits per heavy atom. The summed E-state index contributed by atoms with van der Waals surface area (Å²) in [7, 11) is 0. The van der Waals surface area contributed by atoms with E-state index in [2.05, 4.69) is 20.9 Å². The van der Waals surface area contributed by atoms with Gasteiger partial charge in [-0.25, -0.2) is 9.78 Å². The van der Waals surface area contributed by atoms with E-state index in [0.717, 1.165) is 5.52 Å². The van der Waals surface area contributed by atoms with Crippen LogP contribution in [0.2, 0.25) is 0 Å². The van der Waals surface area contributed by atoms with Crippen molar-refractivity contribution in [2.24, 2.45) is 0 Å². The van der Waals surface area contributed by atoms with Gasteiger partial charge in [0.2, 0.25) is 0 Å². The number of fused-ring (bicyclic) bond motifs is 1. The van der Waals surface area contributed by atoms with Crippen LogP contribution in [-0.2, 0) is 4.74 Å². The molecule has 2 aromatic heterocycles. The molecule has 0 amide bonds. The van der Waals surface area contributed by atoms with Gasteiger partial charge in [0.15, 0.2) is 0 Å². The van der Waals surface area contributed by atoms with Gasteiger partial charge in [-0.3, -0.25) is 0 Å². The first-order chi connectivity index (χ1) is 7.22. The van der Waals surface area contributed by atoms with Crippen LogP contribution in [0.3, 0.4) is 0 Å². The maximum atomic E-state index is 11.5. The van der Waals surface area contributed by atoms with Crippen LogP contribution < -0.4 is 0 Å². The summed E-state index contributed by atoms with van der Waals surface area (Å²) in [5.41, 5.74) is 1.38. The number of hydrogen-bond acceptors (Lipinski definition) is 3. The second-order valence-electron chi connectivity index (χ2n) is 2.96. The van der Waals surface area contributed by atoms with Crippen LogP contribution in [0.5, 0.6) is 0 Å². The number of halogens is 1. The van der Waals surface area contributed by atoms with Crippen molar-refractivity contribution in [2.75, 3.05) is 6.61 Å². The lowest BCUT2D eigenvalue weighted by atomic mass is 10.2. The highest BCUT2D eigenvalue weighted by Crippen LogP contribution is 2.17. The van der Waals surface area contributed by atoms with Crippen LogP contribution in [0.25, 0.3) is 5.52 Å². The van der Waals surface area contributed by atoms with Crippen molar-refractivity contribution >= 4 is 27.4 Å². The fraction of sp³-hybridized carbons (Fsp3) is 0.200. The molecule has 0 unspecified atom stereocenters. The van der Waals surface area contributed by atoms with E-state index in [1.54, 1.807) is 31.6 Å². The third kappa shape index (κ3) is 1.87. The van der Waals surface area contributed by atoms with Gasteiger partial charge in [0.25, 0.3) is 0 Å². The Bertz CT molecular complexity index is 507. The maximum absolute atomic E-state index is 11.5. The highest BCUT2D eigenvalue weighted by molar-refractivity contribution is 9.10. The van der Waals surface area contributed by atoms with Gasteiger partial charge in [-0.15, -0.1) is 0 Å². The molecule has 0 aliphatic carbocycles. The summed E-state index contributed by atoms with van der Waals surface area (Å²) in [6.45, 7) is 2.16. The summed E-state index contributed by atoms with van der Waals surface area (Å²) in [5, 5.41) is 0. The molecule has 0 saturated carbocycles. The molecule has 0 spiro atoms.